The molecule has 0 aromatic heterocycles. The summed E-state index contributed by atoms with van der Waals surface area (Å²) in [4.78, 5) is 12.2. The van der Waals surface area contributed by atoms with Gasteiger partial charge in [0.25, 0.3) is 0 Å². The van der Waals surface area contributed by atoms with Crippen LogP contribution in [0, 0.1) is 5.92 Å². The Morgan fingerprint density at radius 3 is 2.42 bits per heavy atom. The van der Waals surface area contributed by atoms with Gasteiger partial charge in [0.1, 0.15) is 5.54 Å². The minimum Gasteiger partial charge on any atom is -0.351 e. The van der Waals surface area contributed by atoms with Crippen molar-refractivity contribution in [3.63, 3.8) is 0 Å². The zero-order valence-electron chi connectivity index (χ0n) is 11.2. The molecule has 3 N–H and O–H groups in total. The van der Waals surface area contributed by atoms with Crippen molar-refractivity contribution in [2.24, 2.45) is 11.7 Å². The summed E-state index contributed by atoms with van der Waals surface area (Å²) < 4.78 is 0.980. The summed E-state index contributed by atoms with van der Waals surface area (Å²) in [5, 5.41) is 3.02. The molecular weight excluding hydrogens is 328 g/mol. The summed E-state index contributed by atoms with van der Waals surface area (Å²) in [7, 11) is 0. The first-order valence-electron chi connectivity index (χ1n) is 6.27. The zero-order valence-corrected chi connectivity index (χ0v) is 13.6. The molecule has 5 heteroatoms. The quantitative estimate of drug-likeness (QED) is 0.880. The highest BCUT2D eigenvalue weighted by Crippen LogP contribution is 2.32. The van der Waals surface area contributed by atoms with Crippen molar-refractivity contribution in [1.82, 2.24) is 5.32 Å². The molecule has 0 heterocycles. The summed E-state index contributed by atoms with van der Waals surface area (Å²) in [6.07, 6.45) is 2.42. The number of benzene rings is 1. The van der Waals surface area contributed by atoms with Gasteiger partial charge in [0.15, 0.2) is 0 Å². The number of hydrogen-bond donors (Lipinski definition) is 2. The molecule has 1 aliphatic carbocycles. The molecule has 106 valence electrons. The van der Waals surface area contributed by atoms with Crippen LogP contribution in [0.2, 0.25) is 0 Å². The Balaban J connectivity index is 0.00000180. The van der Waals surface area contributed by atoms with Crippen LogP contribution >= 0.6 is 28.3 Å². The maximum atomic E-state index is 12.2. The fourth-order valence-corrected chi connectivity index (χ4v) is 2.26. The van der Waals surface area contributed by atoms with Crippen LogP contribution in [-0.4, -0.2) is 11.9 Å². The van der Waals surface area contributed by atoms with E-state index in [1.165, 1.54) is 12.8 Å². The number of halogens is 2. The smallest absolute Gasteiger partial charge is 0.244 e. The number of nitrogens with two attached hydrogens (primary N) is 1. The molecule has 1 aromatic carbocycles. The van der Waals surface area contributed by atoms with E-state index in [1.807, 2.05) is 31.2 Å². The van der Waals surface area contributed by atoms with E-state index < -0.39 is 5.54 Å². The van der Waals surface area contributed by atoms with Gasteiger partial charge in [-0.05, 0) is 50.3 Å². The first kappa shape index (κ1) is 16.5. The van der Waals surface area contributed by atoms with Crippen molar-refractivity contribution < 1.29 is 4.79 Å². The second-order valence-corrected chi connectivity index (χ2v) is 6.22. The Morgan fingerprint density at radius 2 is 1.95 bits per heavy atom. The first-order chi connectivity index (χ1) is 8.41. The van der Waals surface area contributed by atoms with Crippen molar-refractivity contribution in [1.29, 1.82) is 0 Å². The molecule has 0 aliphatic heterocycles. The van der Waals surface area contributed by atoms with Crippen LogP contribution in [0.4, 0.5) is 0 Å². The van der Waals surface area contributed by atoms with E-state index in [2.05, 4.69) is 21.2 Å². The highest BCUT2D eigenvalue weighted by Gasteiger charge is 2.35. The van der Waals surface area contributed by atoms with Crippen LogP contribution < -0.4 is 11.1 Å². The summed E-state index contributed by atoms with van der Waals surface area (Å²) in [5.41, 5.74) is 6.02. The Kier molecular flexibility index (Phi) is 5.42. The van der Waals surface area contributed by atoms with Crippen LogP contribution in [0.3, 0.4) is 0 Å². The predicted octanol–water partition coefficient (Wildman–Crippen LogP) is 2.96. The molecule has 0 spiro atoms. The Morgan fingerprint density at radius 1 is 1.42 bits per heavy atom. The number of rotatable bonds is 4. The van der Waals surface area contributed by atoms with Gasteiger partial charge < -0.3 is 11.1 Å². The van der Waals surface area contributed by atoms with Crippen molar-refractivity contribution in [2.75, 3.05) is 0 Å². The van der Waals surface area contributed by atoms with Crippen LogP contribution in [0.5, 0.6) is 0 Å². The third-order valence-electron chi connectivity index (χ3n) is 3.60. The van der Waals surface area contributed by atoms with Crippen LogP contribution in [-0.2, 0) is 10.3 Å². The molecule has 3 nitrogen and oxygen atoms in total. The monoisotopic (exact) mass is 346 g/mol. The van der Waals surface area contributed by atoms with Crippen molar-refractivity contribution >= 4 is 34.2 Å². The first-order valence-corrected chi connectivity index (χ1v) is 7.06. The number of nitrogens with one attached hydrogen (secondary N) is 1. The summed E-state index contributed by atoms with van der Waals surface area (Å²) in [6.45, 7) is 3.80. The van der Waals surface area contributed by atoms with Crippen LogP contribution in [0.1, 0.15) is 32.3 Å². The van der Waals surface area contributed by atoms with Gasteiger partial charge >= 0.3 is 0 Å². The lowest BCUT2D eigenvalue weighted by atomic mass is 9.92. The number of carbonyl (C=O) groups excluding carboxylic acids is 1. The Bertz CT molecular complexity index is 443. The van der Waals surface area contributed by atoms with E-state index in [9.17, 15) is 4.79 Å². The van der Waals surface area contributed by atoms with E-state index in [4.69, 9.17) is 5.73 Å². The summed E-state index contributed by atoms with van der Waals surface area (Å²) in [6, 6.07) is 7.78. The average Bonchev–Trinajstić information content (AvgIpc) is 3.13. The van der Waals surface area contributed by atoms with Crippen molar-refractivity contribution in [3.05, 3.63) is 34.3 Å². The standard InChI is InChI=1S/C14H19BrN2O.ClH/c1-9(10-3-4-10)17-13(18)14(2,16)11-5-7-12(15)8-6-11;/h5-10H,3-4,16H2,1-2H3,(H,17,18);1H. The lowest BCUT2D eigenvalue weighted by Crippen LogP contribution is -2.51. The number of amides is 1. The molecule has 0 radical (unpaired) electrons. The van der Waals surface area contributed by atoms with Gasteiger partial charge in [-0.1, -0.05) is 28.1 Å². The minimum atomic E-state index is -0.982. The lowest BCUT2D eigenvalue weighted by Gasteiger charge is -2.26. The Hall–Kier alpha value is -0.580. The maximum absolute atomic E-state index is 12.2. The molecule has 2 unspecified atom stereocenters. The second-order valence-electron chi connectivity index (χ2n) is 5.31. The van der Waals surface area contributed by atoms with Gasteiger partial charge in [0.2, 0.25) is 5.91 Å². The largest absolute Gasteiger partial charge is 0.351 e. The summed E-state index contributed by atoms with van der Waals surface area (Å²) in [5.74, 6) is 0.527. The third-order valence-corrected chi connectivity index (χ3v) is 4.13. The maximum Gasteiger partial charge on any atom is 0.244 e. The normalized spacial score (nSPS) is 18.9. The van der Waals surface area contributed by atoms with E-state index in [1.54, 1.807) is 6.92 Å². The fraction of sp³-hybridized carbons (Fsp3) is 0.500. The zero-order chi connectivity index (χ0) is 13.3. The topological polar surface area (TPSA) is 55.1 Å². The van der Waals surface area contributed by atoms with Gasteiger partial charge in [-0.15, -0.1) is 12.4 Å². The molecule has 19 heavy (non-hydrogen) atoms. The third kappa shape index (κ3) is 3.94. The minimum absolute atomic E-state index is 0. The van der Waals surface area contributed by atoms with Crippen LogP contribution in [0.25, 0.3) is 0 Å². The molecule has 1 saturated carbocycles. The predicted molar refractivity (Wildman–Crippen MR) is 83.3 cm³/mol. The van der Waals surface area contributed by atoms with Crippen molar-refractivity contribution in [3.8, 4) is 0 Å². The average molecular weight is 348 g/mol. The lowest BCUT2D eigenvalue weighted by molar-refractivity contribution is -0.126. The highest BCUT2D eigenvalue weighted by molar-refractivity contribution is 9.10. The molecular formula is C14H20BrClN2O. The SMILES string of the molecule is CC(NC(=O)C(C)(N)c1ccc(Br)cc1)C1CC1.Cl. The van der Waals surface area contributed by atoms with E-state index in [0.29, 0.717) is 5.92 Å². The van der Waals surface area contributed by atoms with Crippen molar-refractivity contribution in [2.45, 2.75) is 38.3 Å². The Labute approximate surface area is 128 Å². The molecule has 1 fully saturated rings. The van der Waals surface area contributed by atoms with Gasteiger partial charge in [0, 0.05) is 10.5 Å². The van der Waals surface area contributed by atoms with E-state index >= 15 is 0 Å². The number of hydrogen-bond acceptors (Lipinski definition) is 2. The molecule has 1 amide bonds. The molecule has 2 atom stereocenters. The second kappa shape index (κ2) is 6.25. The van der Waals surface area contributed by atoms with Gasteiger partial charge in [0.05, 0.1) is 0 Å². The van der Waals surface area contributed by atoms with Gasteiger partial charge in [-0.3, -0.25) is 4.79 Å². The van der Waals surface area contributed by atoms with E-state index in [-0.39, 0.29) is 24.4 Å². The van der Waals surface area contributed by atoms with Gasteiger partial charge in [-0.2, -0.15) is 0 Å². The molecule has 1 aliphatic rings. The molecule has 2 rings (SSSR count). The molecule has 0 saturated heterocycles. The highest BCUT2D eigenvalue weighted by atomic mass is 79.9. The number of carbonyl (C=O) groups is 1. The molecule has 0 bridgehead atoms. The fourth-order valence-electron chi connectivity index (χ4n) is 2.00. The van der Waals surface area contributed by atoms with E-state index in [0.717, 1.165) is 10.0 Å². The molecule has 1 aromatic rings. The van der Waals surface area contributed by atoms with Crippen LogP contribution in [0.15, 0.2) is 28.7 Å². The van der Waals surface area contributed by atoms with Gasteiger partial charge in [-0.25, -0.2) is 0 Å². The summed E-state index contributed by atoms with van der Waals surface area (Å²) >= 11 is 3.38.